The summed E-state index contributed by atoms with van der Waals surface area (Å²) in [5, 5.41) is 2.49. The molecule has 4 heterocycles. The quantitative estimate of drug-likeness (QED) is 0.207. The van der Waals surface area contributed by atoms with Crippen LogP contribution in [0.25, 0.3) is 15.6 Å². The molecular formula is C34H40N6O4. The van der Waals surface area contributed by atoms with Crippen molar-refractivity contribution < 1.29 is 19.0 Å². The van der Waals surface area contributed by atoms with E-state index in [-0.39, 0.29) is 24.6 Å². The molecule has 0 saturated carbocycles. The number of anilines is 2. The average Bonchev–Trinajstić information content (AvgIpc) is 3.06. The SMILES string of the molecule is [C-]#[N+]C[C@H]1CN(c2nc(OCCOC3CCOCC3)nc3c2CCN(c2cccc4cccc(C)c24)C3)CCN1C(=O)C=C. The highest BCUT2D eigenvalue weighted by molar-refractivity contribution is 5.97. The van der Waals surface area contributed by atoms with Crippen LogP contribution in [0.3, 0.4) is 0 Å². The average molecular weight is 597 g/mol. The maximum absolute atomic E-state index is 12.5. The molecule has 0 aliphatic carbocycles. The van der Waals surface area contributed by atoms with E-state index in [1.165, 1.54) is 28.1 Å². The number of piperazine rings is 1. The summed E-state index contributed by atoms with van der Waals surface area (Å²) in [6, 6.07) is 13.0. The van der Waals surface area contributed by atoms with Crippen molar-refractivity contribution >= 4 is 28.2 Å². The maximum atomic E-state index is 12.5. The Morgan fingerprint density at radius 2 is 1.93 bits per heavy atom. The first-order chi connectivity index (χ1) is 21.6. The summed E-state index contributed by atoms with van der Waals surface area (Å²) in [5.41, 5.74) is 4.50. The Kier molecular flexibility index (Phi) is 9.24. The summed E-state index contributed by atoms with van der Waals surface area (Å²) in [7, 11) is 0. The molecule has 3 aliphatic rings. The lowest BCUT2D eigenvalue weighted by Crippen LogP contribution is -2.56. The van der Waals surface area contributed by atoms with Gasteiger partial charge in [-0.3, -0.25) is 4.79 Å². The molecule has 1 amide bonds. The van der Waals surface area contributed by atoms with Gasteiger partial charge >= 0.3 is 6.01 Å². The molecule has 44 heavy (non-hydrogen) atoms. The molecule has 10 heteroatoms. The van der Waals surface area contributed by atoms with E-state index in [1.807, 2.05) is 0 Å². The fraction of sp³-hybridized carbons (Fsp3) is 0.471. The van der Waals surface area contributed by atoms with Crippen LogP contribution in [0, 0.1) is 13.5 Å². The van der Waals surface area contributed by atoms with Crippen molar-refractivity contribution in [3.05, 3.63) is 77.3 Å². The summed E-state index contributed by atoms with van der Waals surface area (Å²) in [6.07, 6.45) is 4.10. The van der Waals surface area contributed by atoms with Gasteiger partial charge in [0.2, 0.25) is 12.5 Å². The third-order valence-electron chi connectivity index (χ3n) is 8.83. The predicted octanol–water partition coefficient (Wildman–Crippen LogP) is 4.20. The summed E-state index contributed by atoms with van der Waals surface area (Å²) in [6.45, 7) is 18.9. The molecule has 2 aromatic carbocycles. The third kappa shape index (κ3) is 6.35. The lowest BCUT2D eigenvalue weighted by atomic mass is 9.99. The Labute approximate surface area is 259 Å². The zero-order valence-electron chi connectivity index (χ0n) is 25.4. The molecule has 0 N–H and O–H groups in total. The summed E-state index contributed by atoms with van der Waals surface area (Å²) in [4.78, 5) is 32.4. The molecule has 6 rings (SSSR count). The van der Waals surface area contributed by atoms with Crippen molar-refractivity contribution in [2.24, 2.45) is 0 Å². The number of ether oxygens (including phenoxy) is 3. The van der Waals surface area contributed by atoms with E-state index in [2.05, 4.69) is 64.5 Å². The van der Waals surface area contributed by atoms with Gasteiger partial charge in [-0.25, -0.2) is 6.57 Å². The number of hydrogen-bond acceptors (Lipinski definition) is 8. The van der Waals surface area contributed by atoms with Crippen LogP contribution in [0.5, 0.6) is 6.01 Å². The number of hydrogen-bond donors (Lipinski definition) is 0. The fourth-order valence-electron chi connectivity index (χ4n) is 6.60. The Morgan fingerprint density at radius 3 is 2.73 bits per heavy atom. The Hall–Kier alpha value is -4.20. The van der Waals surface area contributed by atoms with E-state index in [4.69, 9.17) is 30.8 Å². The van der Waals surface area contributed by atoms with Gasteiger partial charge in [-0.2, -0.15) is 9.97 Å². The van der Waals surface area contributed by atoms with Gasteiger partial charge in [0, 0.05) is 56.0 Å². The number of nitrogens with zero attached hydrogens (tertiary/aromatic N) is 6. The summed E-state index contributed by atoms with van der Waals surface area (Å²) < 4.78 is 17.6. The molecule has 1 aromatic heterocycles. The second-order valence-electron chi connectivity index (χ2n) is 11.6. The lowest BCUT2D eigenvalue weighted by molar-refractivity contribution is -0.128. The van der Waals surface area contributed by atoms with Crippen molar-refractivity contribution in [2.75, 3.05) is 69.0 Å². The number of amides is 1. The molecule has 1 atom stereocenters. The van der Waals surface area contributed by atoms with E-state index in [0.29, 0.717) is 45.4 Å². The number of aryl methyl sites for hydroxylation is 1. The molecule has 3 aliphatic heterocycles. The van der Waals surface area contributed by atoms with E-state index in [9.17, 15) is 4.79 Å². The highest BCUT2D eigenvalue weighted by atomic mass is 16.5. The van der Waals surface area contributed by atoms with Crippen molar-refractivity contribution in [3.8, 4) is 6.01 Å². The van der Waals surface area contributed by atoms with Crippen molar-refractivity contribution in [2.45, 2.75) is 44.9 Å². The molecular weight excluding hydrogens is 556 g/mol. The normalized spacial score (nSPS) is 19.0. The number of carbonyl (C=O) groups excluding carboxylic acids is 1. The van der Waals surface area contributed by atoms with Gasteiger partial charge in [0.15, 0.2) is 0 Å². The molecule has 2 saturated heterocycles. The van der Waals surface area contributed by atoms with Gasteiger partial charge < -0.3 is 33.8 Å². The third-order valence-corrected chi connectivity index (χ3v) is 8.83. The largest absolute Gasteiger partial charge is 0.461 e. The van der Waals surface area contributed by atoms with Crippen LogP contribution in [-0.4, -0.2) is 92.1 Å². The molecule has 0 unspecified atom stereocenters. The van der Waals surface area contributed by atoms with Gasteiger partial charge in [-0.1, -0.05) is 36.9 Å². The Morgan fingerprint density at radius 1 is 1.11 bits per heavy atom. The van der Waals surface area contributed by atoms with Crippen LogP contribution < -0.4 is 14.5 Å². The minimum atomic E-state index is -0.242. The van der Waals surface area contributed by atoms with Crippen molar-refractivity contribution in [3.63, 3.8) is 0 Å². The second kappa shape index (κ2) is 13.6. The van der Waals surface area contributed by atoms with E-state index in [1.54, 1.807) is 4.90 Å². The van der Waals surface area contributed by atoms with Crippen LogP contribution >= 0.6 is 0 Å². The molecule has 2 fully saturated rings. The van der Waals surface area contributed by atoms with Gasteiger partial charge in [-0.15, -0.1) is 0 Å². The van der Waals surface area contributed by atoms with Gasteiger partial charge in [-0.05, 0) is 49.3 Å². The van der Waals surface area contributed by atoms with Gasteiger partial charge in [0.25, 0.3) is 0 Å². The molecule has 10 nitrogen and oxygen atoms in total. The van der Waals surface area contributed by atoms with Gasteiger partial charge in [0.1, 0.15) is 18.5 Å². The first-order valence-corrected chi connectivity index (χ1v) is 15.5. The first kappa shape index (κ1) is 29.9. The molecule has 0 spiro atoms. The number of fused-ring (bicyclic) bond motifs is 2. The standard InChI is InChI=1S/C34H40N6O4/c1-4-31(41)40-16-15-39(22-26(40)21-35-3)33-28-11-14-38(30-10-6-9-25-8-5-7-24(2)32(25)30)23-29(28)36-34(37-33)44-20-19-43-27-12-17-42-18-13-27/h4-10,26-27H,1,11-23H2,2H3/t26-/m0/s1. The molecule has 0 radical (unpaired) electrons. The van der Waals surface area contributed by atoms with Gasteiger partial charge in [0.05, 0.1) is 24.9 Å². The number of carbonyl (C=O) groups is 1. The first-order valence-electron chi connectivity index (χ1n) is 15.5. The van der Waals surface area contributed by atoms with E-state index in [0.717, 1.165) is 56.1 Å². The Bertz CT molecular complexity index is 1540. The summed E-state index contributed by atoms with van der Waals surface area (Å²) in [5.74, 6) is 0.697. The zero-order chi connectivity index (χ0) is 30.5. The highest BCUT2D eigenvalue weighted by Gasteiger charge is 2.35. The van der Waals surface area contributed by atoms with Crippen LogP contribution in [0.4, 0.5) is 11.5 Å². The topological polar surface area (TPSA) is 84.6 Å². The van der Waals surface area contributed by atoms with Crippen LogP contribution in [0.2, 0.25) is 0 Å². The maximum Gasteiger partial charge on any atom is 0.318 e. The minimum absolute atomic E-state index is 0.141. The number of benzene rings is 2. The van der Waals surface area contributed by atoms with E-state index >= 15 is 0 Å². The lowest BCUT2D eigenvalue weighted by Gasteiger charge is -2.41. The van der Waals surface area contributed by atoms with Crippen molar-refractivity contribution in [1.82, 2.24) is 14.9 Å². The molecule has 0 bridgehead atoms. The minimum Gasteiger partial charge on any atom is -0.461 e. The summed E-state index contributed by atoms with van der Waals surface area (Å²) >= 11 is 0. The zero-order valence-corrected chi connectivity index (χ0v) is 25.4. The van der Waals surface area contributed by atoms with E-state index < -0.39 is 0 Å². The second-order valence-corrected chi connectivity index (χ2v) is 11.6. The number of aromatic nitrogens is 2. The van der Waals surface area contributed by atoms with Crippen LogP contribution in [-0.2, 0) is 27.2 Å². The smallest absolute Gasteiger partial charge is 0.318 e. The van der Waals surface area contributed by atoms with Crippen molar-refractivity contribution in [1.29, 1.82) is 0 Å². The van der Waals surface area contributed by atoms with Crippen LogP contribution in [0.1, 0.15) is 29.7 Å². The predicted molar refractivity (Wildman–Crippen MR) is 170 cm³/mol. The highest BCUT2D eigenvalue weighted by Crippen LogP contribution is 2.35. The van der Waals surface area contributed by atoms with Crippen LogP contribution in [0.15, 0.2) is 49.1 Å². The number of rotatable bonds is 9. The molecule has 3 aromatic rings. The molecule has 230 valence electrons. The fourth-order valence-corrected chi connectivity index (χ4v) is 6.60. The monoisotopic (exact) mass is 596 g/mol. The Balaban J connectivity index is 1.28.